The van der Waals surface area contributed by atoms with Gasteiger partial charge in [0.2, 0.25) is 0 Å². The van der Waals surface area contributed by atoms with Crippen LogP contribution in [0, 0.1) is 12.3 Å². The van der Waals surface area contributed by atoms with E-state index >= 15 is 0 Å². The van der Waals surface area contributed by atoms with E-state index in [0.717, 1.165) is 5.56 Å². The van der Waals surface area contributed by atoms with E-state index in [2.05, 4.69) is 0 Å². The van der Waals surface area contributed by atoms with Crippen LogP contribution in [0.15, 0.2) is 18.2 Å². The van der Waals surface area contributed by atoms with Crippen LogP contribution in [0.25, 0.3) is 0 Å². The number of rotatable bonds is 4. The molecule has 0 saturated carbocycles. The molecule has 0 aromatic heterocycles. The van der Waals surface area contributed by atoms with Gasteiger partial charge in [0.25, 0.3) is 5.91 Å². The van der Waals surface area contributed by atoms with Crippen molar-refractivity contribution in [1.29, 1.82) is 0 Å². The van der Waals surface area contributed by atoms with Crippen molar-refractivity contribution in [1.82, 2.24) is 4.90 Å². The zero-order chi connectivity index (χ0) is 15.6. The monoisotopic (exact) mass is 311 g/mol. The van der Waals surface area contributed by atoms with Crippen molar-refractivity contribution in [2.45, 2.75) is 13.3 Å². The van der Waals surface area contributed by atoms with Crippen LogP contribution < -0.4 is 0 Å². The van der Waals surface area contributed by atoms with E-state index in [4.69, 9.17) is 16.3 Å². The number of ether oxygens (including phenoxy) is 1. The highest BCUT2D eigenvalue weighted by molar-refractivity contribution is 6.30. The van der Waals surface area contributed by atoms with Crippen LogP contribution in [0.3, 0.4) is 0 Å². The van der Waals surface area contributed by atoms with Gasteiger partial charge in [-0.15, -0.1) is 0 Å². The zero-order valence-electron chi connectivity index (χ0n) is 12.1. The molecular formula is C15H18ClNO4. The van der Waals surface area contributed by atoms with E-state index in [-0.39, 0.29) is 19.1 Å². The lowest BCUT2D eigenvalue weighted by Crippen LogP contribution is -2.40. The molecule has 2 rings (SSSR count). The number of carbonyl (C=O) groups excluding carboxylic acids is 1. The number of benzene rings is 1. The maximum absolute atomic E-state index is 12.5. The minimum Gasteiger partial charge on any atom is -0.481 e. The van der Waals surface area contributed by atoms with E-state index < -0.39 is 11.4 Å². The second-order valence-corrected chi connectivity index (χ2v) is 5.89. The average Bonchev–Trinajstić information content (AvgIpc) is 2.84. The van der Waals surface area contributed by atoms with Gasteiger partial charge < -0.3 is 14.7 Å². The summed E-state index contributed by atoms with van der Waals surface area (Å²) < 4.78 is 5.03. The van der Waals surface area contributed by atoms with Crippen molar-refractivity contribution in [3.05, 3.63) is 34.3 Å². The minimum absolute atomic E-state index is 0.103. The molecular weight excluding hydrogens is 294 g/mol. The number of amides is 1. The number of aliphatic carboxylic acids is 1. The maximum Gasteiger partial charge on any atom is 0.313 e. The Morgan fingerprint density at radius 2 is 2.19 bits per heavy atom. The number of halogens is 1. The third-order valence-electron chi connectivity index (χ3n) is 3.93. The Morgan fingerprint density at radius 1 is 1.48 bits per heavy atom. The summed E-state index contributed by atoms with van der Waals surface area (Å²) in [5.74, 6) is -1.09. The largest absolute Gasteiger partial charge is 0.481 e. The van der Waals surface area contributed by atoms with Crippen LogP contribution in [-0.2, 0) is 9.53 Å². The third-order valence-corrected chi connectivity index (χ3v) is 4.17. The molecule has 1 atom stereocenters. The fourth-order valence-electron chi connectivity index (χ4n) is 2.71. The number of carbonyl (C=O) groups is 2. The summed E-state index contributed by atoms with van der Waals surface area (Å²) in [7, 11) is 1.47. The predicted octanol–water partition coefficient (Wildman–Crippen LogP) is 2.21. The summed E-state index contributed by atoms with van der Waals surface area (Å²) in [5.41, 5.74) is 0.329. The number of aryl methyl sites for hydroxylation is 1. The number of hydrogen-bond acceptors (Lipinski definition) is 3. The topological polar surface area (TPSA) is 66.8 Å². The van der Waals surface area contributed by atoms with Gasteiger partial charge >= 0.3 is 5.97 Å². The van der Waals surface area contributed by atoms with Crippen molar-refractivity contribution < 1.29 is 19.4 Å². The first-order valence-electron chi connectivity index (χ1n) is 6.67. The Bertz CT molecular complexity index is 575. The third kappa shape index (κ3) is 3.04. The van der Waals surface area contributed by atoms with Crippen LogP contribution in [0.1, 0.15) is 22.3 Å². The number of carboxylic acid groups (broad SMARTS) is 1. The second-order valence-electron chi connectivity index (χ2n) is 5.45. The molecule has 1 aliphatic heterocycles. The molecule has 1 aromatic carbocycles. The molecule has 1 aromatic rings. The molecule has 1 N–H and O–H groups in total. The summed E-state index contributed by atoms with van der Waals surface area (Å²) in [6.45, 7) is 2.49. The zero-order valence-corrected chi connectivity index (χ0v) is 12.8. The van der Waals surface area contributed by atoms with Gasteiger partial charge in [-0.2, -0.15) is 0 Å². The average molecular weight is 312 g/mol. The van der Waals surface area contributed by atoms with E-state index in [1.807, 2.05) is 6.92 Å². The lowest BCUT2D eigenvalue weighted by molar-refractivity contribution is -0.151. The smallest absolute Gasteiger partial charge is 0.313 e. The first-order chi connectivity index (χ1) is 9.89. The standard InChI is InChI=1S/C15H18ClNO4/c1-10-7-11(16)3-4-12(10)13(18)17-6-5-15(8-17,9-21-2)14(19)20/h3-4,7H,5-6,8-9H2,1-2H3,(H,19,20). The molecule has 1 heterocycles. The van der Waals surface area contributed by atoms with Gasteiger partial charge in [0, 0.05) is 30.8 Å². The van der Waals surface area contributed by atoms with Crippen molar-refractivity contribution in [2.75, 3.05) is 26.8 Å². The number of hydrogen-bond donors (Lipinski definition) is 1. The molecule has 1 unspecified atom stereocenters. The van der Waals surface area contributed by atoms with Gasteiger partial charge in [0.05, 0.1) is 6.61 Å². The molecule has 21 heavy (non-hydrogen) atoms. The molecule has 5 nitrogen and oxygen atoms in total. The van der Waals surface area contributed by atoms with Gasteiger partial charge in [0.1, 0.15) is 5.41 Å². The van der Waals surface area contributed by atoms with Gasteiger partial charge in [-0.25, -0.2) is 0 Å². The molecule has 1 saturated heterocycles. The summed E-state index contributed by atoms with van der Waals surface area (Å²) in [4.78, 5) is 25.6. The van der Waals surface area contributed by atoms with Crippen molar-refractivity contribution in [3.63, 3.8) is 0 Å². The maximum atomic E-state index is 12.5. The van der Waals surface area contributed by atoms with Gasteiger partial charge in [-0.3, -0.25) is 9.59 Å². The number of carboxylic acids is 1. The second kappa shape index (κ2) is 6.03. The highest BCUT2D eigenvalue weighted by atomic mass is 35.5. The van der Waals surface area contributed by atoms with Crippen molar-refractivity contribution in [3.8, 4) is 0 Å². The first-order valence-corrected chi connectivity index (χ1v) is 7.05. The van der Waals surface area contributed by atoms with Crippen LogP contribution in [0.4, 0.5) is 0 Å². The van der Waals surface area contributed by atoms with Crippen LogP contribution in [-0.4, -0.2) is 48.7 Å². The quantitative estimate of drug-likeness (QED) is 0.926. The Balaban J connectivity index is 2.20. The normalized spacial score (nSPS) is 21.6. The summed E-state index contributed by atoms with van der Waals surface area (Å²) in [5, 5.41) is 9.99. The van der Waals surface area contributed by atoms with Crippen LogP contribution >= 0.6 is 11.6 Å². The van der Waals surface area contributed by atoms with Gasteiger partial charge in [-0.05, 0) is 37.1 Å². The molecule has 0 aliphatic carbocycles. The number of likely N-dealkylation sites (tertiary alicyclic amines) is 1. The Kier molecular flexibility index (Phi) is 4.54. The SMILES string of the molecule is COCC1(C(=O)O)CCN(C(=O)c2ccc(Cl)cc2C)C1. The molecule has 0 bridgehead atoms. The molecule has 1 amide bonds. The molecule has 1 aliphatic rings. The lowest BCUT2D eigenvalue weighted by atomic mass is 9.88. The van der Waals surface area contributed by atoms with E-state index in [1.165, 1.54) is 7.11 Å². The summed E-state index contributed by atoms with van der Waals surface area (Å²) in [6.07, 6.45) is 0.397. The van der Waals surface area contributed by atoms with E-state index in [0.29, 0.717) is 23.6 Å². The van der Waals surface area contributed by atoms with Crippen LogP contribution in [0.5, 0.6) is 0 Å². The van der Waals surface area contributed by atoms with Crippen molar-refractivity contribution >= 4 is 23.5 Å². The van der Waals surface area contributed by atoms with Gasteiger partial charge in [0.15, 0.2) is 0 Å². The Hall–Kier alpha value is -1.59. The van der Waals surface area contributed by atoms with Crippen LogP contribution in [0.2, 0.25) is 5.02 Å². The summed E-state index contributed by atoms with van der Waals surface area (Å²) >= 11 is 5.89. The Morgan fingerprint density at radius 3 is 2.76 bits per heavy atom. The highest BCUT2D eigenvalue weighted by Crippen LogP contribution is 2.32. The van der Waals surface area contributed by atoms with E-state index in [1.54, 1.807) is 23.1 Å². The lowest BCUT2D eigenvalue weighted by Gasteiger charge is -2.24. The first kappa shape index (κ1) is 15.8. The number of methoxy groups -OCH3 is 1. The molecule has 114 valence electrons. The van der Waals surface area contributed by atoms with Crippen molar-refractivity contribution in [2.24, 2.45) is 5.41 Å². The fourth-order valence-corrected chi connectivity index (χ4v) is 2.94. The number of nitrogens with zero attached hydrogens (tertiary/aromatic N) is 1. The Labute approximate surface area is 128 Å². The summed E-state index contributed by atoms with van der Waals surface area (Å²) in [6, 6.07) is 5.07. The highest BCUT2D eigenvalue weighted by Gasteiger charge is 2.46. The molecule has 0 radical (unpaired) electrons. The minimum atomic E-state index is -1.01. The molecule has 0 spiro atoms. The predicted molar refractivity (Wildman–Crippen MR) is 78.7 cm³/mol. The fraction of sp³-hybridized carbons (Fsp3) is 0.467. The molecule has 1 fully saturated rings. The molecule has 6 heteroatoms. The van der Waals surface area contributed by atoms with Gasteiger partial charge in [-0.1, -0.05) is 11.6 Å². The van der Waals surface area contributed by atoms with E-state index in [9.17, 15) is 14.7 Å².